The molecule has 1 N–H and O–H groups in total. The van der Waals surface area contributed by atoms with Crippen molar-refractivity contribution in [1.82, 2.24) is 15.0 Å². The van der Waals surface area contributed by atoms with E-state index in [2.05, 4.69) is 20.3 Å². The molecule has 0 fully saturated rings. The van der Waals surface area contributed by atoms with Gasteiger partial charge in [0.05, 0.1) is 16.8 Å². The molecule has 2 heterocycles. The van der Waals surface area contributed by atoms with Crippen LogP contribution in [0.1, 0.15) is 5.56 Å². The van der Waals surface area contributed by atoms with Gasteiger partial charge in [-0.1, -0.05) is 23.7 Å². The van der Waals surface area contributed by atoms with Gasteiger partial charge in [0.1, 0.15) is 17.3 Å². The molecule has 4 rings (SSSR count). The minimum atomic E-state index is -4.37. The maximum absolute atomic E-state index is 12.7. The Balaban J connectivity index is 1.59. The molecule has 2 aromatic heterocycles. The van der Waals surface area contributed by atoms with Crippen LogP contribution in [0, 0.1) is 0 Å². The second-order valence-electron chi connectivity index (χ2n) is 6.03. The van der Waals surface area contributed by atoms with Gasteiger partial charge in [0.25, 0.3) is 0 Å². The lowest BCUT2D eigenvalue weighted by atomic mass is 10.1. The van der Waals surface area contributed by atoms with E-state index >= 15 is 0 Å². The Bertz CT molecular complexity index is 1140. The van der Waals surface area contributed by atoms with Gasteiger partial charge in [-0.2, -0.15) is 13.2 Å². The lowest BCUT2D eigenvalue weighted by Gasteiger charge is -2.09. The summed E-state index contributed by atoms with van der Waals surface area (Å²) in [6, 6.07) is 15.7. The summed E-state index contributed by atoms with van der Waals surface area (Å²) < 4.78 is 38.1. The summed E-state index contributed by atoms with van der Waals surface area (Å²) in [5.41, 5.74) is 1.93. The molecule has 0 aliphatic heterocycles. The molecule has 0 saturated heterocycles. The molecule has 0 saturated carbocycles. The smallest absolute Gasteiger partial charge is 0.340 e. The number of hydrogen-bond donors (Lipinski definition) is 1. The average molecular weight is 401 g/mol. The molecule has 8 heteroatoms. The van der Waals surface area contributed by atoms with Gasteiger partial charge in [-0.3, -0.25) is 0 Å². The van der Waals surface area contributed by atoms with Crippen LogP contribution in [0.4, 0.5) is 24.7 Å². The Morgan fingerprint density at radius 2 is 1.64 bits per heavy atom. The van der Waals surface area contributed by atoms with Crippen molar-refractivity contribution in [2.75, 3.05) is 5.32 Å². The van der Waals surface area contributed by atoms with E-state index in [-0.39, 0.29) is 0 Å². The van der Waals surface area contributed by atoms with E-state index in [0.29, 0.717) is 22.2 Å². The fourth-order valence-corrected chi connectivity index (χ4v) is 2.89. The molecule has 0 radical (unpaired) electrons. The van der Waals surface area contributed by atoms with Crippen LogP contribution in [0.15, 0.2) is 67.0 Å². The molecule has 2 aromatic carbocycles. The van der Waals surface area contributed by atoms with Crippen molar-refractivity contribution in [3.8, 4) is 11.3 Å². The largest absolute Gasteiger partial charge is 0.416 e. The van der Waals surface area contributed by atoms with E-state index < -0.39 is 11.7 Å². The van der Waals surface area contributed by atoms with Crippen molar-refractivity contribution >= 4 is 34.0 Å². The number of nitrogens with zero attached hydrogens (tertiary/aromatic N) is 3. The lowest BCUT2D eigenvalue weighted by Crippen LogP contribution is -2.04. The minimum absolute atomic E-state index is 0.421. The number of rotatable bonds is 3. The van der Waals surface area contributed by atoms with Crippen LogP contribution in [0.2, 0.25) is 5.15 Å². The maximum atomic E-state index is 12.7. The SMILES string of the molecule is FC(F)(F)c1ccc(-c2cc(Nc3ccc4nc(Cl)ccc4c3)ncn2)cc1. The molecule has 0 amide bonds. The van der Waals surface area contributed by atoms with Gasteiger partial charge >= 0.3 is 6.18 Å². The molecule has 0 spiro atoms. The number of halogens is 4. The lowest BCUT2D eigenvalue weighted by molar-refractivity contribution is -0.137. The standard InChI is InChI=1S/C20H12ClF3N4/c21-18-8-3-13-9-15(6-7-16(13)28-18)27-19-10-17(25-11-26-19)12-1-4-14(5-2-12)20(22,23)24/h1-11H,(H,25,26,27). The molecule has 0 atom stereocenters. The molecule has 0 aliphatic carbocycles. The number of anilines is 2. The number of aromatic nitrogens is 3. The van der Waals surface area contributed by atoms with Crippen LogP contribution in [-0.2, 0) is 6.18 Å². The van der Waals surface area contributed by atoms with E-state index in [1.807, 2.05) is 24.3 Å². The van der Waals surface area contributed by atoms with Gasteiger partial charge in [-0.15, -0.1) is 0 Å². The molecule has 0 bridgehead atoms. The first-order chi connectivity index (χ1) is 13.4. The van der Waals surface area contributed by atoms with Crippen molar-refractivity contribution in [3.05, 3.63) is 77.7 Å². The highest BCUT2D eigenvalue weighted by Gasteiger charge is 2.30. The van der Waals surface area contributed by atoms with E-state index in [0.717, 1.165) is 28.7 Å². The summed E-state index contributed by atoms with van der Waals surface area (Å²) in [7, 11) is 0. The summed E-state index contributed by atoms with van der Waals surface area (Å²) in [5.74, 6) is 0.520. The van der Waals surface area contributed by atoms with E-state index in [9.17, 15) is 13.2 Å². The van der Waals surface area contributed by atoms with Crippen molar-refractivity contribution in [2.24, 2.45) is 0 Å². The molecule has 4 nitrogen and oxygen atoms in total. The third-order valence-electron chi connectivity index (χ3n) is 4.10. The van der Waals surface area contributed by atoms with Crippen molar-refractivity contribution in [2.45, 2.75) is 6.18 Å². The van der Waals surface area contributed by atoms with Crippen molar-refractivity contribution < 1.29 is 13.2 Å². The van der Waals surface area contributed by atoms with Crippen molar-refractivity contribution in [3.63, 3.8) is 0 Å². The normalized spacial score (nSPS) is 11.6. The highest BCUT2D eigenvalue weighted by Crippen LogP contribution is 2.31. The summed E-state index contributed by atoms with van der Waals surface area (Å²) in [6.45, 7) is 0. The zero-order valence-electron chi connectivity index (χ0n) is 14.2. The first-order valence-corrected chi connectivity index (χ1v) is 8.59. The molecular weight excluding hydrogens is 389 g/mol. The second-order valence-corrected chi connectivity index (χ2v) is 6.42. The average Bonchev–Trinajstić information content (AvgIpc) is 2.68. The zero-order valence-corrected chi connectivity index (χ0v) is 15.0. The minimum Gasteiger partial charge on any atom is -0.340 e. The highest BCUT2D eigenvalue weighted by molar-refractivity contribution is 6.29. The summed E-state index contributed by atoms with van der Waals surface area (Å²) in [6.07, 6.45) is -3.01. The quantitative estimate of drug-likeness (QED) is 0.422. The maximum Gasteiger partial charge on any atom is 0.416 e. The van der Waals surface area contributed by atoms with Gasteiger partial charge in [0.15, 0.2) is 0 Å². The third kappa shape index (κ3) is 3.89. The summed E-state index contributed by atoms with van der Waals surface area (Å²) >= 11 is 5.89. The van der Waals surface area contributed by atoms with Crippen LogP contribution in [0.3, 0.4) is 0 Å². The molecule has 28 heavy (non-hydrogen) atoms. The Morgan fingerprint density at radius 1 is 0.857 bits per heavy atom. The monoisotopic (exact) mass is 400 g/mol. The van der Waals surface area contributed by atoms with Crippen molar-refractivity contribution in [1.29, 1.82) is 0 Å². The molecular formula is C20H12ClF3N4. The van der Waals surface area contributed by atoms with E-state index in [4.69, 9.17) is 11.6 Å². The van der Waals surface area contributed by atoms with Gasteiger partial charge < -0.3 is 5.32 Å². The highest BCUT2D eigenvalue weighted by atomic mass is 35.5. The topological polar surface area (TPSA) is 50.7 Å². The van der Waals surface area contributed by atoms with Crippen LogP contribution >= 0.6 is 11.6 Å². The summed E-state index contributed by atoms with van der Waals surface area (Å²) in [4.78, 5) is 12.6. The molecule has 0 unspecified atom stereocenters. The van der Waals surface area contributed by atoms with Crippen LogP contribution in [0.5, 0.6) is 0 Å². The number of hydrogen-bond acceptors (Lipinski definition) is 4. The molecule has 0 aliphatic rings. The number of nitrogens with one attached hydrogen (secondary N) is 1. The predicted molar refractivity (Wildman–Crippen MR) is 103 cm³/mol. The van der Waals surface area contributed by atoms with E-state index in [1.165, 1.54) is 18.5 Å². The number of fused-ring (bicyclic) bond motifs is 1. The van der Waals surface area contributed by atoms with Crippen LogP contribution in [-0.4, -0.2) is 15.0 Å². The predicted octanol–water partition coefficient (Wildman–Crippen LogP) is 6.11. The van der Waals surface area contributed by atoms with Crippen LogP contribution in [0.25, 0.3) is 22.2 Å². The zero-order chi connectivity index (χ0) is 19.7. The third-order valence-corrected chi connectivity index (χ3v) is 4.31. The Hall–Kier alpha value is -3.19. The van der Waals surface area contributed by atoms with Gasteiger partial charge in [0, 0.05) is 22.7 Å². The van der Waals surface area contributed by atoms with Gasteiger partial charge in [-0.25, -0.2) is 15.0 Å². The molecule has 4 aromatic rings. The van der Waals surface area contributed by atoms with Gasteiger partial charge in [0.2, 0.25) is 0 Å². The fraction of sp³-hybridized carbons (Fsp3) is 0.0500. The van der Waals surface area contributed by atoms with E-state index in [1.54, 1.807) is 12.1 Å². The van der Waals surface area contributed by atoms with Gasteiger partial charge in [-0.05, 0) is 42.5 Å². The molecule has 140 valence electrons. The van der Waals surface area contributed by atoms with Crippen LogP contribution < -0.4 is 5.32 Å². The Labute approximate surface area is 163 Å². The fourth-order valence-electron chi connectivity index (χ4n) is 2.74. The first-order valence-electron chi connectivity index (χ1n) is 8.21. The Kier molecular flexibility index (Phi) is 4.60. The number of pyridine rings is 1. The first kappa shape index (κ1) is 18.2. The number of alkyl halides is 3. The summed E-state index contributed by atoms with van der Waals surface area (Å²) in [5, 5.41) is 4.49. The number of benzene rings is 2. The second kappa shape index (κ2) is 7.09. The Morgan fingerprint density at radius 3 is 2.39 bits per heavy atom.